The predicted octanol–water partition coefficient (Wildman–Crippen LogP) is 3.05. The van der Waals surface area contributed by atoms with Gasteiger partial charge in [-0.2, -0.15) is 0 Å². The molecule has 0 bridgehead atoms. The van der Waals surface area contributed by atoms with Crippen LogP contribution in [0.5, 0.6) is 0 Å². The summed E-state index contributed by atoms with van der Waals surface area (Å²) in [6.07, 6.45) is 0. The lowest BCUT2D eigenvalue weighted by Crippen LogP contribution is -2.15. The minimum Gasteiger partial charge on any atom is -0.392 e. The number of sulfonamides is 1. The van der Waals surface area contributed by atoms with E-state index >= 15 is 0 Å². The van der Waals surface area contributed by atoms with Gasteiger partial charge < -0.3 is 5.11 Å². The largest absolute Gasteiger partial charge is 0.392 e. The molecule has 0 aliphatic rings. The molecule has 0 fully saturated rings. The van der Waals surface area contributed by atoms with Crippen molar-refractivity contribution in [1.82, 2.24) is 0 Å². The van der Waals surface area contributed by atoms with Crippen LogP contribution >= 0.6 is 15.9 Å². The standard InChI is InChI=1S/C14H14BrNO3S/c1-10-11(9-17)3-2-4-14(10)20(18,19)16-13-7-5-12(15)6-8-13/h2-8,16-17H,9H2,1H3. The summed E-state index contributed by atoms with van der Waals surface area (Å²) < 4.78 is 28.1. The monoisotopic (exact) mass is 355 g/mol. The van der Waals surface area contributed by atoms with E-state index in [-0.39, 0.29) is 11.5 Å². The fraction of sp³-hybridized carbons (Fsp3) is 0.143. The Morgan fingerprint density at radius 2 is 1.80 bits per heavy atom. The Balaban J connectivity index is 2.38. The van der Waals surface area contributed by atoms with Gasteiger partial charge in [0.25, 0.3) is 10.0 Å². The van der Waals surface area contributed by atoms with Gasteiger partial charge in [0.2, 0.25) is 0 Å². The molecule has 0 saturated heterocycles. The SMILES string of the molecule is Cc1c(CO)cccc1S(=O)(=O)Nc1ccc(Br)cc1. The first-order chi connectivity index (χ1) is 9.44. The highest BCUT2D eigenvalue weighted by atomic mass is 79.9. The zero-order valence-corrected chi connectivity index (χ0v) is 13.2. The van der Waals surface area contributed by atoms with Crippen LogP contribution in [0.3, 0.4) is 0 Å². The Kier molecular flexibility index (Phi) is 4.47. The molecular weight excluding hydrogens is 342 g/mol. The van der Waals surface area contributed by atoms with Crippen LogP contribution in [0.25, 0.3) is 0 Å². The van der Waals surface area contributed by atoms with E-state index in [4.69, 9.17) is 0 Å². The summed E-state index contributed by atoms with van der Waals surface area (Å²) in [5.41, 5.74) is 1.64. The lowest BCUT2D eigenvalue weighted by Gasteiger charge is -2.12. The predicted molar refractivity (Wildman–Crippen MR) is 82.1 cm³/mol. The first kappa shape index (κ1) is 15.0. The number of aliphatic hydroxyl groups excluding tert-OH is 1. The van der Waals surface area contributed by atoms with E-state index in [1.54, 1.807) is 43.3 Å². The second-order valence-electron chi connectivity index (χ2n) is 4.31. The number of halogens is 1. The van der Waals surface area contributed by atoms with Gasteiger partial charge in [-0.3, -0.25) is 4.72 Å². The molecule has 0 aromatic heterocycles. The van der Waals surface area contributed by atoms with Crippen molar-refractivity contribution in [3.63, 3.8) is 0 Å². The highest BCUT2D eigenvalue weighted by Crippen LogP contribution is 2.23. The van der Waals surface area contributed by atoms with Crippen molar-refractivity contribution in [2.75, 3.05) is 4.72 Å². The maximum Gasteiger partial charge on any atom is 0.262 e. The number of rotatable bonds is 4. The summed E-state index contributed by atoms with van der Waals surface area (Å²) in [6.45, 7) is 1.50. The van der Waals surface area contributed by atoms with Crippen molar-refractivity contribution >= 4 is 31.6 Å². The topological polar surface area (TPSA) is 66.4 Å². The van der Waals surface area contributed by atoms with E-state index in [0.29, 0.717) is 16.8 Å². The van der Waals surface area contributed by atoms with Crippen LogP contribution in [0.4, 0.5) is 5.69 Å². The molecule has 6 heteroatoms. The molecule has 2 rings (SSSR count). The third-order valence-electron chi connectivity index (χ3n) is 2.95. The normalized spacial score (nSPS) is 11.3. The number of hydrogen-bond acceptors (Lipinski definition) is 3. The Bertz CT molecular complexity index is 712. The van der Waals surface area contributed by atoms with E-state index in [0.717, 1.165) is 4.47 Å². The van der Waals surface area contributed by atoms with Gasteiger partial charge in [0, 0.05) is 10.2 Å². The van der Waals surface area contributed by atoms with Crippen molar-refractivity contribution < 1.29 is 13.5 Å². The first-order valence-corrected chi connectivity index (χ1v) is 8.19. The van der Waals surface area contributed by atoms with E-state index in [9.17, 15) is 13.5 Å². The molecule has 0 aliphatic carbocycles. The van der Waals surface area contributed by atoms with Gasteiger partial charge in [0.05, 0.1) is 11.5 Å². The molecule has 0 spiro atoms. The minimum atomic E-state index is -3.67. The smallest absolute Gasteiger partial charge is 0.262 e. The van der Waals surface area contributed by atoms with Crippen molar-refractivity contribution in [2.24, 2.45) is 0 Å². The first-order valence-electron chi connectivity index (χ1n) is 5.92. The summed E-state index contributed by atoms with van der Waals surface area (Å²) in [5, 5.41) is 9.21. The molecule has 0 aliphatic heterocycles. The van der Waals surface area contributed by atoms with E-state index in [1.165, 1.54) is 6.07 Å². The molecule has 0 unspecified atom stereocenters. The Labute approximate surface area is 126 Å². The third-order valence-corrected chi connectivity index (χ3v) is 5.01. The van der Waals surface area contributed by atoms with Crippen molar-refractivity contribution in [3.05, 3.63) is 58.1 Å². The average molecular weight is 356 g/mol. The van der Waals surface area contributed by atoms with E-state index in [2.05, 4.69) is 20.7 Å². The second kappa shape index (κ2) is 5.95. The molecule has 2 aromatic rings. The van der Waals surface area contributed by atoms with Crippen molar-refractivity contribution in [2.45, 2.75) is 18.4 Å². The summed E-state index contributed by atoms with van der Waals surface area (Å²) in [7, 11) is -3.67. The van der Waals surface area contributed by atoms with Gasteiger partial charge in [-0.15, -0.1) is 0 Å². The van der Waals surface area contributed by atoms with Crippen LogP contribution in [-0.2, 0) is 16.6 Å². The summed E-state index contributed by atoms with van der Waals surface area (Å²) in [6, 6.07) is 11.7. The van der Waals surface area contributed by atoms with E-state index < -0.39 is 10.0 Å². The third kappa shape index (κ3) is 3.20. The Morgan fingerprint density at radius 3 is 2.40 bits per heavy atom. The van der Waals surface area contributed by atoms with Gasteiger partial charge in [0.1, 0.15) is 0 Å². The molecule has 0 saturated carbocycles. The van der Waals surface area contributed by atoms with Crippen LogP contribution in [-0.4, -0.2) is 13.5 Å². The lowest BCUT2D eigenvalue weighted by molar-refractivity contribution is 0.280. The summed E-state index contributed by atoms with van der Waals surface area (Å²) in [4.78, 5) is 0.173. The summed E-state index contributed by atoms with van der Waals surface area (Å²) in [5.74, 6) is 0. The highest BCUT2D eigenvalue weighted by molar-refractivity contribution is 9.10. The van der Waals surface area contributed by atoms with Crippen LogP contribution < -0.4 is 4.72 Å². The minimum absolute atomic E-state index is 0.173. The number of nitrogens with one attached hydrogen (secondary N) is 1. The van der Waals surface area contributed by atoms with Gasteiger partial charge in [-0.1, -0.05) is 28.1 Å². The number of aliphatic hydroxyl groups is 1. The highest BCUT2D eigenvalue weighted by Gasteiger charge is 2.18. The fourth-order valence-corrected chi connectivity index (χ4v) is 3.46. The molecule has 0 amide bonds. The summed E-state index contributed by atoms with van der Waals surface area (Å²) >= 11 is 3.30. The zero-order chi connectivity index (χ0) is 14.8. The van der Waals surface area contributed by atoms with Crippen LogP contribution in [0.1, 0.15) is 11.1 Å². The van der Waals surface area contributed by atoms with Gasteiger partial charge in [-0.05, 0) is 48.4 Å². The zero-order valence-electron chi connectivity index (χ0n) is 10.8. The molecule has 106 valence electrons. The van der Waals surface area contributed by atoms with Crippen LogP contribution in [0.2, 0.25) is 0 Å². The van der Waals surface area contributed by atoms with E-state index in [1.807, 2.05) is 0 Å². The molecule has 20 heavy (non-hydrogen) atoms. The molecular formula is C14H14BrNO3S. The van der Waals surface area contributed by atoms with Crippen LogP contribution in [0, 0.1) is 6.92 Å². The molecule has 0 radical (unpaired) electrons. The van der Waals surface area contributed by atoms with Crippen LogP contribution in [0.15, 0.2) is 51.8 Å². The van der Waals surface area contributed by atoms with Gasteiger partial charge >= 0.3 is 0 Å². The maximum absolute atomic E-state index is 12.4. The quantitative estimate of drug-likeness (QED) is 0.885. The van der Waals surface area contributed by atoms with Crippen molar-refractivity contribution in [3.8, 4) is 0 Å². The molecule has 0 heterocycles. The Morgan fingerprint density at radius 1 is 1.15 bits per heavy atom. The lowest BCUT2D eigenvalue weighted by atomic mass is 10.1. The second-order valence-corrected chi connectivity index (χ2v) is 6.88. The maximum atomic E-state index is 12.4. The average Bonchev–Trinajstić information content (AvgIpc) is 2.41. The molecule has 0 atom stereocenters. The van der Waals surface area contributed by atoms with Gasteiger partial charge in [0.15, 0.2) is 0 Å². The number of benzene rings is 2. The number of anilines is 1. The molecule has 4 nitrogen and oxygen atoms in total. The van der Waals surface area contributed by atoms with Crippen molar-refractivity contribution in [1.29, 1.82) is 0 Å². The Hall–Kier alpha value is -1.37. The molecule has 2 N–H and O–H groups in total. The number of hydrogen-bond donors (Lipinski definition) is 2. The fourth-order valence-electron chi connectivity index (χ4n) is 1.85. The van der Waals surface area contributed by atoms with Gasteiger partial charge in [-0.25, -0.2) is 8.42 Å². The molecule has 2 aromatic carbocycles.